The summed E-state index contributed by atoms with van der Waals surface area (Å²) in [5, 5.41) is 0.672. The number of carbonyl (C=O) groups excluding carboxylic acids is 1. The number of ether oxygens (including phenoxy) is 1. The highest BCUT2D eigenvalue weighted by Gasteiger charge is 2.44. The second-order valence-corrected chi connectivity index (χ2v) is 6.00. The van der Waals surface area contributed by atoms with Crippen LogP contribution in [0.15, 0.2) is 54.6 Å². The first-order valence-corrected chi connectivity index (χ1v) is 7.45. The summed E-state index contributed by atoms with van der Waals surface area (Å²) in [5.41, 5.74) is 7.74. The molecule has 0 bridgehead atoms. The zero-order valence-electron chi connectivity index (χ0n) is 12.0. The molecule has 0 unspecified atom stereocenters. The summed E-state index contributed by atoms with van der Waals surface area (Å²) in [6.07, 6.45) is -0.334. The van der Waals surface area contributed by atoms with Crippen LogP contribution in [0, 0.1) is 0 Å². The van der Waals surface area contributed by atoms with Gasteiger partial charge in [0.25, 0.3) is 0 Å². The smallest absolute Gasteiger partial charge is 0.410 e. The van der Waals surface area contributed by atoms with Gasteiger partial charge >= 0.3 is 6.09 Å². The molecule has 2 N–H and O–H groups in total. The first-order chi connectivity index (χ1) is 10.6. The number of nitrogens with two attached hydrogens (primary N) is 1. The SMILES string of the molecule is NC1(c2ccc(Cl)cc2)CN(C(=O)OCc2ccccc2)C1. The molecule has 1 saturated heterocycles. The van der Waals surface area contributed by atoms with E-state index in [0.29, 0.717) is 18.1 Å². The van der Waals surface area contributed by atoms with Crippen LogP contribution < -0.4 is 5.73 Å². The van der Waals surface area contributed by atoms with E-state index < -0.39 is 5.54 Å². The molecule has 2 aromatic rings. The van der Waals surface area contributed by atoms with Gasteiger partial charge in [-0.25, -0.2) is 4.79 Å². The monoisotopic (exact) mass is 316 g/mol. The number of amides is 1. The van der Waals surface area contributed by atoms with Gasteiger partial charge in [0.05, 0.1) is 5.54 Å². The lowest BCUT2D eigenvalue weighted by atomic mass is 9.84. The Kier molecular flexibility index (Phi) is 4.05. The van der Waals surface area contributed by atoms with Gasteiger partial charge < -0.3 is 15.4 Å². The second-order valence-electron chi connectivity index (χ2n) is 5.56. The van der Waals surface area contributed by atoms with Gasteiger partial charge in [-0.15, -0.1) is 0 Å². The normalized spacial score (nSPS) is 16.0. The number of benzene rings is 2. The third-order valence-electron chi connectivity index (χ3n) is 3.83. The van der Waals surface area contributed by atoms with Crippen LogP contribution in [0.5, 0.6) is 0 Å². The maximum Gasteiger partial charge on any atom is 0.410 e. The lowest BCUT2D eigenvalue weighted by molar-refractivity contribution is 0.0353. The van der Waals surface area contributed by atoms with Crippen molar-refractivity contribution in [1.29, 1.82) is 0 Å². The van der Waals surface area contributed by atoms with Crippen molar-refractivity contribution >= 4 is 17.7 Å². The van der Waals surface area contributed by atoms with E-state index in [9.17, 15) is 4.79 Å². The summed E-state index contributed by atoms with van der Waals surface area (Å²) < 4.78 is 5.29. The van der Waals surface area contributed by atoms with Crippen LogP contribution in [0.1, 0.15) is 11.1 Å². The van der Waals surface area contributed by atoms with E-state index in [1.807, 2.05) is 54.6 Å². The summed E-state index contributed by atoms with van der Waals surface area (Å²) in [4.78, 5) is 13.6. The Morgan fingerprint density at radius 3 is 2.41 bits per heavy atom. The topological polar surface area (TPSA) is 55.6 Å². The number of nitrogens with zero attached hydrogens (tertiary/aromatic N) is 1. The van der Waals surface area contributed by atoms with Crippen molar-refractivity contribution in [1.82, 2.24) is 4.90 Å². The highest BCUT2D eigenvalue weighted by Crippen LogP contribution is 2.30. The Balaban J connectivity index is 1.54. The standard InChI is InChI=1S/C17H17ClN2O2/c18-15-8-6-14(7-9-15)17(19)11-20(12-17)16(21)22-10-13-4-2-1-3-5-13/h1-9H,10-12,19H2. The minimum atomic E-state index is -0.518. The van der Waals surface area contributed by atoms with Crippen molar-refractivity contribution in [2.24, 2.45) is 5.73 Å². The van der Waals surface area contributed by atoms with Crippen molar-refractivity contribution in [3.63, 3.8) is 0 Å². The molecule has 0 atom stereocenters. The predicted molar refractivity (Wildman–Crippen MR) is 85.5 cm³/mol. The summed E-state index contributed by atoms with van der Waals surface area (Å²) in [7, 11) is 0. The van der Waals surface area contributed by atoms with Crippen LogP contribution in [0.25, 0.3) is 0 Å². The molecular formula is C17H17ClN2O2. The van der Waals surface area contributed by atoms with Gasteiger partial charge in [-0.1, -0.05) is 54.1 Å². The van der Waals surface area contributed by atoms with Crippen molar-refractivity contribution in [2.45, 2.75) is 12.1 Å². The minimum absolute atomic E-state index is 0.273. The molecule has 0 aromatic heterocycles. The lowest BCUT2D eigenvalue weighted by Crippen LogP contribution is -2.66. The molecule has 1 aliphatic heterocycles. The highest BCUT2D eigenvalue weighted by molar-refractivity contribution is 6.30. The third kappa shape index (κ3) is 3.08. The Hall–Kier alpha value is -2.04. The lowest BCUT2D eigenvalue weighted by Gasteiger charge is -2.47. The maximum atomic E-state index is 12.0. The van der Waals surface area contributed by atoms with Crippen molar-refractivity contribution in [3.05, 3.63) is 70.7 Å². The number of hydrogen-bond donors (Lipinski definition) is 1. The summed E-state index contributed by atoms with van der Waals surface area (Å²) >= 11 is 5.88. The average Bonchev–Trinajstić information content (AvgIpc) is 2.51. The molecule has 5 heteroatoms. The predicted octanol–water partition coefficient (Wildman–Crippen LogP) is 3.15. The Morgan fingerprint density at radius 2 is 1.77 bits per heavy atom. The first kappa shape index (κ1) is 14.9. The molecule has 1 aliphatic rings. The zero-order valence-corrected chi connectivity index (χ0v) is 12.8. The molecule has 22 heavy (non-hydrogen) atoms. The highest BCUT2D eigenvalue weighted by atomic mass is 35.5. The molecule has 0 aliphatic carbocycles. The van der Waals surface area contributed by atoms with E-state index >= 15 is 0 Å². The van der Waals surface area contributed by atoms with Crippen LogP contribution in [0.2, 0.25) is 5.02 Å². The fourth-order valence-electron chi connectivity index (χ4n) is 2.54. The van der Waals surface area contributed by atoms with Crippen molar-refractivity contribution < 1.29 is 9.53 Å². The molecule has 0 radical (unpaired) electrons. The fourth-order valence-corrected chi connectivity index (χ4v) is 2.66. The quantitative estimate of drug-likeness (QED) is 0.946. The van der Waals surface area contributed by atoms with E-state index in [1.165, 1.54) is 0 Å². The Morgan fingerprint density at radius 1 is 1.14 bits per heavy atom. The number of rotatable bonds is 3. The largest absolute Gasteiger partial charge is 0.445 e. The number of halogens is 1. The van der Waals surface area contributed by atoms with Crippen LogP contribution in [-0.2, 0) is 16.9 Å². The Labute approximate surface area is 134 Å². The van der Waals surface area contributed by atoms with Gasteiger partial charge in [0.2, 0.25) is 0 Å². The second kappa shape index (κ2) is 5.99. The van der Waals surface area contributed by atoms with Gasteiger partial charge in [-0.3, -0.25) is 0 Å². The van der Waals surface area contributed by atoms with E-state index in [-0.39, 0.29) is 12.7 Å². The van der Waals surface area contributed by atoms with E-state index in [4.69, 9.17) is 22.1 Å². The van der Waals surface area contributed by atoms with Gasteiger partial charge in [0, 0.05) is 18.1 Å². The number of carbonyl (C=O) groups is 1. The van der Waals surface area contributed by atoms with Gasteiger partial charge in [-0.2, -0.15) is 0 Å². The molecule has 3 rings (SSSR count). The van der Waals surface area contributed by atoms with Crippen LogP contribution in [-0.4, -0.2) is 24.1 Å². The molecule has 0 spiro atoms. The molecule has 1 heterocycles. The van der Waals surface area contributed by atoms with Crippen LogP contribution >= 0.6 is 11.6 Å². The number of likely N-dealkylation sites (tertiary alicyclic amines) is 1. The maximum absolute atomic E-state index is 12.0. The summed E-state index contributed by atoms with van der Waals surface area (Å²) in [5.74, 6) is 0. The number of hydrogen-bond acceptors (Lipinski definition) is 3. The molecule has 1 fully saturated rings. The molecule has 2 aromatic carbocycles. The molecule has 0 saturated carbocycles. The third-order valence-corrected chi connectivity index (χ3v) is 4.08. The summed E-state index contributed by atoms with van der Waals surface area (Å²) in [6, 6.07) is 17.0. The molecule has 1 amide bonds. The van der Waals surface area contributed by atoms with Crippen molar-refractivity contribution in [3.8, 4) is 0 Å². The first-order valence-electron chi connectivity index (χ1n) is 7.07. The molecule has 4 nitrogen and oxygen atoms in total. The summed E-state index contributed by atoms with van der Waals surface area (Å²) in [6.45, 7) is 1.17. The molecular weight excluding hydrogens is 300 g/mol. The van der Waals surface area contributed by atoms with E-state index in [2.05, 4.69) is 0 Å². The average molecular weight is 317 g/mol. The van der Waals surface area contributed by atoms with Gasteiger partial charge in [0.1, 0.15) is 6.61 Å². The Bertz CT molecular complexity index is 652. The fraction of sp³-hybridized carbons (Fsp3) is 0.235. The minimum Gasteiger partial charge on any atom is -0.445 e. The zero-order chi connectivity index (χ0) is 15.6. The van der Waals surface area contributed by atoms with Crippen LogP contribution in [0.3, 0.4) is 0 Å². The van der Waals surface area contributed by atoms with Crippen LogP contribution in [0.4, 0.5) is 4.79 Å². The van der Waals surface area contributed by atoms with Crippen molar-refractivity contribution in [2.75, 3.05) is 13.1 Å². The van der Waals surface area contributed by atoms with E-state index in [1.54, 1.807) is 4.90 Å². The molecule has 114 valence electrons. The van der Waals surface area contributed by atoms with Gasteiger partial charge in [0.15, 0.2) is 0 Å². The van der Waals surface area contributed by atoms with E-state index in [0.717, 1.165) is 11.1 Å². The van der Waals surface area contributed by atoms with Gasteiger partial charge in [-0.05, 0) is 23.3 Å².